The van der Waals surface area contributed by atoms with E-state index in [0.717, 1.165) is 5.56 Å². The van der Waals surface area contributed by atoms with Gasteiger partial charge >= 0.3 is 18.0 Å². The van der Waals surface area contributed by atoms with Gasteiger partial charge in [-0.2, -0.15) is 4.89 Å². The molecule has 1 aliphatic heterocycles. The highest BCUT2D eigenvalue weighted by Crippen LogP contribution is 2.36. The molecule has 0 spiro atoms. The van der Waals surface area contributed by atoms with Crippen LogP contribution in [0.1, 0.15) is 45.6 Å². The predicted octanol–water partition coefficient (Wildman–Crippen LogP) is 3.91. The van der Waals surface area contributed by atoms with Gasteiger partial charge in [0.25, 0.3) is 0 Å². The van der Waals surface area contributed by atoms with E-state index in [1.165, 1.54) is 0 Å². The summed E-state index contributed by atoms with van der Waals surface area (Å²) < 4.78 is 10.6. The van der Waals surface area contributed by atoms with Gasteiger partial charge in [0, 0.05) is 0 Å². The van der Waals surface area contributed by atoms with Gasteiger partial charge in [-0.25, -0.2) is 9.59 Å². The molecule has 1 fully saturated rings. The molecule has 0 aromatic heterocycles. The van der Waals surface area contributed by atoms with E-state index in [1.54, 1.807) is 6.92 Å². The molecule has 3 unspecified atom stereocenters. The average molecular weight is 533 g/mol. The maximum atomic E-state index is 12.7. The molecule has 8 nitrogen and oxygen atoms in total. The number of hydrogen-bond donors (Lipinski definition) is 1. The zero-order valence-electron chi connectivity index (χ0n) is 17.4. The highest BCUT2D eigenvalue weighted by atomic mass is 127. The number of halogens is 1. The van der Waals surface area contributed by atoms with Crippen LogP contribution in [0.2, 0.25) is 0 Å². The third-order valence-corrected chi connectivity index (χ3v) is 5.77. The summed E-state index contributed by atoms with van der Waals surface area (Å²) in [6.07, 6.45) is -0.147. The number of rotatable bonds is 10. The van der Waals surface area contributed by atoms with E-state index in [2.05, 4.69) is 5.32 Å². The van der Waals surface area contributed by atoms with Gasteiger partial charge in [-0.3, -0.25) is 9.68 Å². The van der Waals surface area contributed by atoms with Crippen molar-refractivity contribution in [3.8, 4) is 0 Å². The summed E-state index contributed by atoms with van der Waals surface area (Å²) in [6, 6.07) is 9.24. The van der Waals surface area contributed by atoms with Crippen LogP contribution >= 0.6 is 22.6 Å². The largest absolute Gasteiger partial charge is 0.455 e. The number of carbonyl (C=O) groups is 3. The number of benzene rings is 1. The number of hydrogen-bond acceptors (Lipinski definition) is 7. The summed E-state index contributed by atoms with van der Waals surface area (Å²) in [6.45, 7) is 5.57. The minimum absolute atomic E-state index is 0.0724. The Morgan fingerprint density at radius 3 is 2.57 bits per heavy atom. The van der Waals surface area contributed by atoms with Crippen molar-refractivity contribution >= 4 is 40.6 Å². The van der Waals surface area contributed by atoms with E-state index >= 15 is 0 Å². The minimum atomic E-state index is -1.39. The Balaban J connectivity index is 2.09. The maximum Gasteiger partial charge on any atom is 0.408 e. The Labute approximate surface area is 190 Å². The summed E-state index contributed by atoms with van der Waals surface area (Å²) in [7, 11) is 0. The van der Waals surface area contributed by atoms with E-state index in [0.29, 0.717) is 19.3 Å². The number of nitrogens with one attached hydrogen (secondary N) is 1. The van der Waals surface area contributed by atoms with Crippen LogP contribution < -0.4 is 5.32 Å². The Morgan fingerprint density at radius 1 is 1.23 bits per heavy atom. The van der Waals surface area contributed by atoms with Crippen LogP contribution in [0.15, 0.2) is 30.3 Å². The normalized spacial score (nSPS) is 22.7. The van der Waals surface area contributed by atoms with Gasteiger partial charge in [0.15, 0.2) is 5.54 Å². The smallest absolute Gasteiger partial charge is 0.408 e. The topological polar surface area (TPSA) is 100 Å². The second kappa shape index (κ2) is 11.5. The second-order valence-corrected chi connectivity index (χ2v) is 7.99. The summed E-state index contributed by atoms with van der Waals surface area (Å²) >= 11 is 1.96. The number of alkyl carbamates (subject to hydrolysis) is 1. The SMILES string of the molecule is CCC(C)[C@]1(NC(=O)OCc2ccccc2)C(=O)OOC1CCC(C)C(=O)OCI. The fourth-order valence-electron chi connectivity index (χ4n) is 3.39. The van der Waals surface area contributed by atoms with Crippen molar-refractivity contribution in [1.29, 1.82) is 0 Å². The lowest BCUT2D eigenvalue weighted by Crippen LogP contribution is -2.62. The van der Waals surface area contributed by atoms with Crippen LogP contribution in [-0.2, 0) is 35.4 Å². The molecule has 0 saturated carbocycles. The van der Waals surface area contributed by atoms with Gasteiger partial charge in [-0.1, -0.05) is 57.5 Å². The lowest BCUT2D eigenvalue weighted by Gasteiger charge is -2.34. The van der Waals surface area contributed by atoms with E-state index < -0.39 is 23.7 Å². The molecule has 0 radical (unpaired) electrons. The molecule has 1 heterocycles. The third kappa shape index (κ3) is 5.84. The first-order chi connectivity index (χ1) is 14.3. The molecule has 1 saturated heterocycles. The number of esters is 1. The zero-order valence-corrected chi connectivity index (χ0v) is 19.5. The molecule has 1 aliphatic rings. The Bertz CT molecular complexity index is 729. The Kier molecular flexibility index (Phi) is 9.35. The summed E-state index contributed by atoms with van der Waals surface area (Å²) in [5.74, 6) is -1.64. The third-order valence-electron chi connectivity index (χ3n) is 5.46. The molecule has 1 aromatic rings. The van der Waals surface area contributed by atoms with Crippen LogP contribution in [0.25, 0.3) is 0 Å². The highest BCUT2D eigenvalue weighted by molar-refractivity contribution is 14.1. The van der Waals surface area contributed by atoms with E-state index in [4.69, 9.17) is 19.2 Å². The molecule has 166 valence electrons. The fourth-order valence-corrected chi connectivity index (χ4v) is 3.70. The standard InChI is InChI=1S/C21H28INO7/c1-4-15(3)21(23-20(26)27-12-16-8-6-5-7-9-16)17(29-30-19(21)25)11-10-14(2)18(24)28-13-22/h5-9,14-15,17H,4,10-13H2,1-3H3,(H,23,26)/t14?,15?,17?,21-/m1/s1. The number of amides is 1. The van der Waals surface area contributed by atoms with E-state index in [-0.39, 0.29) is 29.0 Å². The van der Waals surface area contributed by atoms with Gasteiger partial charge in [0.05, 0.1) is 5.92 Å². The fraction of sp³-hybridized carbons (Fsp3) is 0.571. The van der Waals surface area contributed by atoms with Crippen LogP contribution in [0, 0.1) is 11.8 Å². The van der Waals surface area contributed by atoms with E-state index in [1.807, 2.05) is 66.8 Å². The van der Waals surface area contributed by atoms with Crippen molar-refractivity contribution in [2.75, 3.05) is 4.61 Å². The number of ether oxygens (including phenoxy) is 2. The number of alkyl halides is 1. The second-order valence-electron chi connectivity index (χ2n) is 7.37. The van der Waals surface area contributed by atoms with Gasteiger partial charge in [-0.05, 0) is 46.9 Å². The van der Waals surface area contributed by atoms with Gasteiger partial charge in [0.1, 0.15) is 17.3 Å². The molecule has 1 amide bonds. The summed E-state index contributed by atoms with van der Waals surface area (Å²) in [5.41, 5.74) is -0.565. The molecule has 0 aliphatic carbocycles. The first kappa shape index (κ1) is 24.4. The molecule has 1 N–H and O–H groups in total. The summed E-state index contributed by atoms with van der Waals surface area (Å²) in [5, 5.41) is 2.71. The molecular weight excluding hydrogens is 505 g/mol. The lowest BCUT2D eigenvalue weighted by molar-refractivity contribution is -0.264. The molecule has 4 atom stereocenters. The molecule has 2 rings (SSSR count). The molecule has 30 heavy (non-hydrogen) atoms. The van der Waals surface area contributed by atoms with Crippen molar-refractivity contribution in [3.63, 3.8) is 0 Å². The van der Waals surface area contributed by atoms with Crippen molar-refractivity contribution in [1.82, 2.24) is 5.32 Å². The minimum Gasteiger partial charge on any atom is -0.455 e. The van der Waals surface area contributed by atoms with Gasteiger partial charge in [-0.15, -0.1) is 0 Å². The lowest BCUT2D eigenvalue weighted by atomic mass is 9.77. The summed E-state index contributed by atoms with van der Waals surface area (Å²) in [4.78, 5) is 47.3. The van der Waals surface area contributed by atoms with Crippen LogP contribution in [-0.4, -0.2) is 34.3 Å². The van der Waals surface area contributed by atoms with Crippen molar-refractivity contribution in [3.05, 3.63) is 35.9 Å². The zero-order chi connectivity index (χ0) is 22.1. The van der Waals surface area contributed by atoms with E-state index in [9.17, 15) is 14.4 Å². The van der Waals surface area contributed by atoms with Crippen molar-refractivity contribution < 1.29 is 33.6 Å². The number of carbonyl (C=O) groups excluding carboxylic acids is 3. The van der Waals surface area contributed by atoms with Crippen LogP contribution in [0.4, 0.5) is 4.79 Å². The monoisotopic (exact) mass is 533 g/mol. The molecular formula is C21H28INO7. The Morgan fingerprint density at radius 2 is 1.93 bits per heavy atom. The predicted molar refractivity (Wildman–Crippen MR) is 116 cm³/mol. The van der Waals surface area contributed by atoms with Crippen LogP contribution in [0.3, 0.4) is 0 Å². The Hall–Kier alpha value is -1.88. The van der Waals surface area contributed by atoms with Gasteiger partial charge < -0.3 is 14.8 Å². The molecule has 0 bridgehead atoms. The highest BCUT2D eigenvalue weighted by Gasteiger charge is 2.59. The first-order valence-corrected chi connectivity index (χ1v) is 11.5. The van der Waals surface area contributed by atoms with Crippen molar-refractivity contribution in [2.24, 2.45) is 11.8 Å². The molecule has 1 aromatic carbocycles. The van der Waals surface area contributed by atoms with Gasteiger partial charge in [0.2, 0.25) is 0 Å². The van der Waals surface area contributed by atoms with Crippen molar-refractivity contribution in [2.45, 2.75) is 58.3 Å². The molecule has 9 heteroatoms. The first-order valence-electron chi connectivity index (χ1n) is 9.94. The average Bonchev–Trinajstić information content (AvgIpc) is 3.06. The quantitative estimate of drug-likeness (QED) is 0.211. The van der Waals surface area contributed by atoms with Crippen LogP contribution in [0.5, 0.6) is 0 Å². The maximum absolute atomic E-state index is 12.7.